The van der Waals surface area contributed by atoms with Crippen LogP contribution in [0.3, 0.4) is 0 Å². The van der Waals surface area contributed by atoms with Crippen molar-refractivity contribution in [3.05, 3.63) is 20.8 Å². The standard InChI is InChI=1S/C12H15N9O3S/c1-18-7-8(19(2)12(24)20(3)9(7)23)14-11(18)25-5-6(22)13-10-15-17-21(4)16-10/h5H2,1-4H3,(H,13,16,22). The number of carbonyl (C=O) groups is 1. The van der Waals surface area contributed by atoms with Gasteiger partial charge in [-0.2, -0.15) is 4.80 Å². The van der Waals surface area contributed by atoms with Crippen molar-refractivity contribution >= 4 is 34.8 Å². The molecule has 0 atom stereocenters. The Hall–Kier alpha value is -2.96. The molecular formula is C12H15N9O3S. The Morgan fingerprint density at radius 1 is 1.12 bits per heavy atom. The lowest BCUT2D eigenvalue weighted by molar-refractivity contribution is -0.113. The number of imidazole rings is 1. The van der Waals surface area contributed by atoms with Gasteiger partial charge in [0.15, 0.2) is 16.3 Å². The third-order valence-corrected chi connectivity index (χ3v) is 4.56. The fraction of sp³-hybridized carbons (Fsp3) is 0.417. The predicted molar refractivity (Wildman–Crippen MR) is 89.3 cm³/mol. The van der Waals surface area contributed by atoms with Crippen molar-refractivity contribution in [1.82, 2.24) is 38.9 Å². The lowest BCUT2D eigenvalue weighted by Crippen LogP contribution is -2.37. The molecule has 132 valence electrons. The van der Waals surface area contributed by atoms with Gasteiger partial charge >= 0.3 is 5.69 Å². The van der Waals surface area contributed by atoms with Crippen LogP contribution in [0.5, 0.6) is 0 Å². The molecule has 0 aromatic carbocycles. The average molecular weight is 365 g/mol. The number of fused-ring (bicyclic) bond motifs is 1. The highest BCUT2D eigenvalue weighted by Gasteiger charge is 2.18. The van der Waals surface area contributed by atoms with Gasteiger partial charge in [-0.15, -0.1) is 5.10 Å². The second kappa shape index (κ2) is 6.16. The fourth-order valence-corrected chi connectivity index (χ4v) is 3.02. The van der Waals surface area contributed by atoms with Gasteiger partial charge in [0.25, 0.3) is 11.5 Å². The van der Waals surface area contributed by atoms with Crippen molar-refractivity contribution in [1.29, 1.82) is 0 Å². The number of hydrogen-bond acceptors (Lipinski definition) is 8. The number of nitrogens with zero attached hydrogens (tertiary/aromatic N) is 8. The van der Waals surface area contributed by atoms with Gasteiger partial charge in [-0.1, -0.05) is 16.9 Å². The van der Waals surface area contributed by atoms with E-state index in [9.17, 15) is 14.4 Å². The van der Waals surface area contributed by atoms with Crippen LogP contribution in [-0.4, -0.2) is 50.6 Å². The maximum atomic E-state index is 12.3. The smallest absolute Gasteiger partial charge is 0.316 e. The first-order chi connectivity index (χ1) is 11.8. The molecule has 3 aromatic rings. The maximum absolute atomic E-state index is 12.3. The molecule has 0 spiro atoms. The van der Waals surface area contributed by atoms with E-state index >= 15 is 0 Å². The van der Waals surface area contributed by atoms with Crippen LogP contribution in [0.2, 0.25) is 0 Å². The Morgan fingerprint density at radius 2 is 1.84 bits per heavy atom. The average Bonchev–Trinajstić information content (AvgIpc) is 3.12. The van der Waals surface area contributed by atoms with E-state index in [1.807, 2.05) is 0 Å². The zero-order valence-electron chi connectivity index (χ0n) is 13.9. The van der Waals surface area contributed by atoms with Crippen molar-refractivity contribution in [3.8, 4) is 0 Å². The lowest BCUT2D eigenvalue weighted by Gasteiger charge is -2.03. The van der Waals surface area contributed by atoms with E-state index in [1.165, 1.54) is 23.5 Å². The Morgan fingerprint density at radius 3 is 2.48 bits per heavy atom. The number of aromatic nitrogens is 8. The summed E-state index contributed by atoms with van der Waals surface area (Å²) in [5.74, 6) is -0.204. The second-order valence-corrected chi connectivity index (χ2v) is 6.21. The van der Waals surface area contributed by atoms with E-state index in [0.717, 1.165) is 16.3 Å². The van der Waals surface area contributed by atoms with Crippen molar-refractivity contribution in [3.63, 3.8) is 0 Å². The molecule has 0 fully saturated rings. The maximum Gasteiger partial charge on any atom is 0.332 e. The highest BCUT2D eigenvalue weighted by Crippen LogP contribution is 2.20. The molecule has 25 heavy (non-hydrogen) atoms. The van der Waals surface area contributed by atoms with Crippen molar-refractivity contribution in [2.75, 3.05) is 11.1 Å². The minimum absolute atomic E-state index is 0.0314. The first-order valence-electron chi connectivity index (χ1n) is 7.08. The van der Waals surface area contributed by atoms with Crippen LogP contribution < -0.4 is 16.6 Å². The van der Waals surface area contributed by atoms with Gasteiger partial charge in [0.2, 0.25) is 5.91 Å². The molecule has 13 heteroatoms. The minimum atomic E-state index is -0.460. The normalized spacial score (nSPS) is 11.2. The third kappa shape index (κ3) is 2.93. The number of nitrogens with one attached hydrogen (secondary N) is 1. The summed E-state index contributed by atoms with van der Waals surface area (Å²) in [6.45, 7) is 0. The number of hydrogen-bond donors (Lipinski definition) is 1. The van der Waals surface area contributed by atoms with Gasteiger partial charge in [0.1, 0.15) is 0 Å². The molecule has 0 aliphatic heterocycles. The number of amides is 1. The molecule has 0 radical (unpaired) electrons. The van der Waals surface area contributed by atoms with Crippen LogP contribution in [0.15, 0.2) is 14.7 Å². The molecule has 0 aliphatic rings. The summed E-state index contributed by atoms with van der Waals surface area (Å²) in [7, 11) is 6.19. The van der Waals surface area contributed by atoms with E-state index < -0.39 is 11.2 Å². The van der Waals surface area contributed by atoms with Crippen LogP contribution >= 0.6 is 11.8 Å². The molecule has 1 amide bonds. The number of tetrazole rings is 1. The first kappa shape index (κ1) is 16.9. The lowest BCUT2D eigenvalue weighted by atomic mass is 10.5. The van der Waals surface area contributed by atoms with Crippen molar-refractivity contribution < 1.29 is 4.79 Å². The van der Waals surface area contributed by atoms with E-state index in [-0.39, 0.29) is 23.3 Å². The Bertz CT molecular complexity index is 1090. The van der Waals surface area contributed by atoms with E-state index in [1.54, 1.807) is 18.7 Å². The number of aryl methyl sites for hydroxylation is 3. The first-order valence-corrected chi connectivity index (χ1v) is 8.07. The van der Waals surface area contributed by atoms with E-state index in [2.05, 4.69) is 25.7 Å². The summed E-state index contributed by atoms with van der Waals surface area (Å²) in [5.41, 5.74) is -0.330. The van der Waals surface area contributed by atoms with Crippen molar-refractivity contribution in [2.45, 2.75) is 5.16 Å². The predicted octanol–water partition coefficient (Wildman–Crippen LogP) is -1.77. The molecule has 0 aliphatic carbocycles. The Balaban J connectivity index is 1.85. The number of anilines is 1. The summed E-state index contributed by atoms with van der Waals surface area (Å²) < 4.78 is 3.88. The second-order valence-electron chi connectivity index (χ2n) is 5.27. The summed E-state index contributed by atoms with van der Waals surface area (Å²) in [5, 5.41) is 14.1. The zero-order chi connectivity index (χ0) is 18.3. The number of thioether (sulfide) groups is 1. The number of carbonyl (C=O) groups excluding carboxylic acids is 1. The van der Waals surface area contributed by atoms with Crippen LogP contribution in [0.25, 0.3) is 11.2 Å². The van der Waals surface area contributed by atoms with Crippen molar-refractivity contribution in [2.24, 2.45) is 28.2 Å². The quantitative estimate of drug-likeness (QED) is 0.537. The van der Waals surface area contributed by atoms with Crippen LogP contribution in [0, 0.1) is 0 Å². The van der Waals surface area contributed by atoms with Gasteiger partial charge < -0.3 is 4.57 Å². The zero-order valence-corrected chi connectivity index (χ0v) is 14.7. The van der Waals surface area contributed by atoms with Gasteiger partial charge in [-0.05, 0) is 5.21 Å². The molecular weight excluding hydrogens is 350 g/mol. The molecule has 12 nitrogen and oxygen atoms in total. The summed E-state index contributed by atoms with van der Waals surface area (Å²) in [4.78, 5) is 41.8. The molecule has 0 saturated heterocycles. The summed E-state index contributed by atoms with van der Waals surface area (Å²) in [6.07, 6.45) is 0. The number of rotatable bonds is 4. The minimum Gasteiger partial charge on any atom is -0.316 e. The monoisotopic (exact) mass is 365 g/mol. The molecule has 3 rings (SSSR count). The van der Waals surface area contributed by atoms with E-state index in [0.29, 0.717) is 10.7 Å². The Labute approximate surface area is 144 Å². The van der Waals surface area contributed by atoms with Crippen LogP contribution in [0.4, 0.5) is 5.95 Å². The third-order valence-electron chi connectivity index (χ3n) is 3.53. The van der Waals surface area contributed by atoms with E-state index in [4.69, 9.17) is 0 Å². The highest BCUT2D eigenvalue weighted by atomic mass is 32.2. The molecule has 0 saturated carbocycles. The molecule has 0 unspecified atom stereocenters. The van der Waals surface area contributed by atoms with Crippen LogP contribution in [0.1, 0.15) is 0 Å². The molecule has 3 aromatic heterocycles. The molecule has 0 bridgehead atoms. The van der Waals surface area contributed by atoms with Gasteiger partial charge in [0.05, 0.1) is 12.8 Å². The van der Waals surface area contributed by atoms with Gasteiger partial charge in [-0.25, -0.2) is 9.78 Å². The fourth-order valence-electron chi connectivity index (χ4n) is 2.25. The molecule has 3 heterocycles. The summed E-state index contributed by atoms with van der Waals surface area (Å²) in [6, 6.07) is 0. The SMILES string of the molecule is Cn1nnc(NC(=O)CSc2nc3c(c(=O)n(C)c(=O)n3C)n2C)n1. The molecule has 1 N–H and O–H groups in total. The highest BCUT2D eigenvalue weighted by molar-refractivity contribution is 7.99. The largest absolute Gasteiger partial charge is 0.332 e. The van der Waals surface area contributed by atoms with Gasteiger partial charge in [-0.3, -0.25) is 24.0 Å². The van der Waals surface area contributed by atoms with Gasteiger partial charge in [0, 0.05) is 21.1 Å². The summed E-state index contributed by atoms with van der Waals surface area (Å²) >= 11 is 1.13. The Kier molecular flexibility index (Phi) is 4.16. The van der Waals surface area contributed by atoms with Crippen LogP contribution in [-0.2, 0) is 33.0 Å². The topological polar surface area (TPSA) is 135 Å².